The van der Waals surface area contributed by atoms with Gasteiger partial charge in [-0.25, -0.2) is 4.79 Å². The molecule has 0 saturated carbocycles. The maximum Gasteiger partial charge on any atom is 0.335 e. The molecule has 0 atom stereocenters. The first-order valence-electron chi connectivity index (χ1n) is 4.31. The number of ether oxygens (including phenoxy) is 1. The highest BCUT2D eigenvalue weighted by molar-refractivity contribution is 5.83. The summed E-state index contributed by atoms with van der Waals surface area (Å²) in [5.74, 6) is 0.124. The van der Waals surface area contributed by atoms with E-state index in [1.807, 2.05) is 18.2 Å². The van der Waals surface area contributed by atoms with Gasteiger partial charge in [0.1, 0.15) is 5.75 Å². The molecule has 0 aliphatic heterocycles. The number of benzene rings is 1. The molecule has 14 heavy (non-hydrogen) atoms. The second-order valence-corrected chi connectivity index (χ2v) is 2.73. The van der Waals surface area contributed by atoms with E-state index in [9.17, 15) is 4.79 Å². The van der Waals surface area contributed by atoms with Crippen molar-refractivity contribution in [3.8, 4) is 5.75 Å². The Kier molecular flexibility index (Phi) is 3.68. The monoisotopic (exact) mass is 188 g/mol. The van der Waals surface area contributed by atoms with E-state index >= 15 is 0 Å². The topological polar surface area (TPSA) is 26.3 Å². The Morgan fingerprint density at radius 2 is 2.07 bits per heavy atom. The summed E-state index contributed by atoms with van der Waals surface area (Å²) < 4.78 is 5.04. The Bertz CT molecular complexity index is 353. The molecule has 1 aromatic rings. The van der Waals surface area contributed by atoms with Crippen LogP contribution in [0.5, 0.6) is 5.75 Å². The van der Waals surface area contributed by atoms with E-state index in [4.69, 9.17) is 4.74 Å². The molecule has 0 spiro atoms. The minimum Gasteiger partial charge on any atom is -0.423 e. The molecule has 72 valence electrons. The fourth-order valence-corrected chi connectivity index (χ4v) is 1.08. The van der Waals surface area contributed by atoms with Crippen LogP contribution in [-0.4, -0.2) is 5.97 Å². The molecular formula is C12H12O2. The van der Waals surface area contributed by atoms with Crippen LogP contribution >= 0.6 is 0 Å². The largest absolute Gasteiger partial charge is 0.423 e. The zero-order valence-corrected chi connectivity index (χ0v) is 7.90. The summed E-state index contributed by atoms with van der Waals surface area (Å²) in [5.41, 5.74) is 0.942. The van der Waals surface area contributed by atoms with Crippen molar-refractivity contribution < 1.29 is 9.53 Å². The van der Waals surface area contributed by atoms with Gasteiger partial charge < -0.3 is 4.74 Å². The summed E-state index contributed by atoms with van der Waals surface area (Å²) in [6.07, 6.45) is 3.59. The first-order chi connectivity index (χ1) is 6.77. The summed E-state index contributed by atoms with van der Waals surface area (Å²) >= 11 is 0. The van der Waals surface area contributed by atoms with Crippen LogP contribution in [0.15, 0.2) is 49.6 Å². The number of hydrogen-bond donors (Lipinski definition) is 0. The van der Waals surface area contributed by atoms with E-state index < -0.39 is 5.97 Å². The SMILES string of the molecule is C=CCc1ccccc1OC(=O)C=C. The minimum atomic E-state index is -0.443. The molecular weight excluding hydrogens is 176 g/mol. The predicted molar refractivity (Wildman–Crippen MR) is 56.2 cm³/mol. The maximum absolute atomic E-state index is 11.0. The summed E-state index contributed by atoms with van der Waals surface area (Å²) in [4.78, 5) is 11.0. The fraction of sp³-hybridized carbons (Fsp3) is 0.0833. The van der Waals surface area contributed by atoms with Gasteiger partial charge in [0.15, 0.2) is 0 Å². The molecule has 0 aliphatic carbocycles. The average Bonchev–Trinajstić information content (AvgIpc) is 2.21. The van der Waals surface area contributed by atoms with Crippen molar-refractivity contribution in [3.63, 3.8) is 0 Å². The third kappa shape index (κ3) is 2.59. The zero-order valence-electron chi connectivity index (χ0n) is 7.90. The predicted octanol–water partition coefficient (Wildman–Crippen LogP) is 2.51. The van der Waals surface area contributed by atoms with Crippen molar-refractivity contribution in [2.24, 2.45) is 0 Å². The molecule has 0 radical (unpaired) electrons. The molecule has 1 aromatic carbocycles. The van der Waals surface area contributed by atoms with Gasteiger partial charge in [-0.3, -0.25) is 0 Å². The highest BCUT2D eigenvalue weighted by atomic mass is 16.5. The fourth-order valence-electron chi connectivity index (χ4n) is 1.08. The van der Waals surface area contributed by atoms with E-state index in [0.29, 0.717) is 12.2 Å². The molecule has 0 fully saturated rings. The van der Waals surface area contributed by atoms with Crippen molar-refractivity contribution in [3.05, 3.63) is 55.1 Å². The molecule has 0 aromatic heterocycles. The van der Waals surface area contributed by atoms with Crippen LogP contribution in [0.2, 0.25) is 0 Å². The number of hydrogen-bond acceptors (Lipinski definition) is 2. The Balaban J connectivity index is 2.88. The minimum absolute atomic E-state index is 0.443. The van der Waals surface area contributed by atoms with E-state index in [-0.39, 0.29) is 0 Å². The van der Waals surface area contributed by atoms with Gasteiger partial charge in [-0.1, -0.05) is 30.9 Å². The molecule has 1 rings (SSSR count). The number of carbonyl (C=O) groups is 1. The average molecular weight is 188 g/mol. The van der Waals surface area contributed by atoms with E-state index in [0.717, 1.165) is 11.6 Å². The lowest BCUT2D eigenvalue weighted by Crippen LogP contribution is -2.04. The molecule has 2 nitrogen and oxygen atoms in total. The first-order valence-corrected chi connectivity index (χ1v) is 4.31. The highest BCUT2D eigenvalue weighted by Crippen LogP contribution is 2.18. The van der Waals surface area contributed by atoms with Gasteiger partial charge in [0.05, 0.1) is 0 Å². The lowest BCUT2D eigenvalue weighted by molar-refractivity contribution is -0.129. The highest BCUT2D eigenvalue weighted by Gasteiger charge is 2.03. The van der Waals surface area contributed by atoms with Crippen LogP contribution in [0, 0.1) is 0 Å². The van der Waals surface area contributed by atoms with Crippen molar-refractivity contribution in [2.75, 3.05) is 0 Å². The lowest BCUT2D eigenvalue weighted by Gasteiger charge is -2.06. The molecule has 0 amide bonds. The molecule has 0 saturated heterocycles. The van der Waals surface area contributed by atoms with Crippen LogP contribution in [-0.2, 0) is 11.2 Å². The summed E-state index contributed by atoms with van der Waals surface area (Å²) in [6.45, 7) is 6.97. The number of para-hydroxylation sites is 1. The third-order valence-corrected chi connectivity index (χ3v) is 1.71. The molecule has 0 N–H and O–H groups in total. The second kappa shape index (κ2) is 5.02. The zero-order chi connectivity index (χ0) is 10.4. The smallest absolute Gasteiger partial charge is 0.335 e. The number of esters is 1. The van der Waals surface area contributed by atoms with Crippen LogP contribution in [0.1, 0.15) is 5.56 Å². The van der Waals surface area contributed by atoms with Gasteiger partial charge in [-0.15, -0.1) is 6.58 Å². The van der Waals surface area contributed by atoms with E-state index in [1.165, 1.54) is 0 Å². The van der Waals surface area contributed by atoms with Gasteiger partial charge in [0.25, 0.3) is 0 Å². The summed E-state index contributed by atoms with van der Waals surface area (Å²) in [5, 5.41) is 0. The lowest BCUT2D eigenvalue weighted by atomic mass is 10.1. The van der Waals surface area contributed by atoms with Crippen LogP contribution in [0.4, 0.5) is 0 Å². The summed E-state index contributed by atoms with van der Waals surface area (Å²) in [7, 11) is 0. The Labute approximate surface area is 83.5 Å². The van der Waals surface area contributed by atoms with Gasteiger partial charge in [0, 0.05) is 6.08 Å². The van der Waals surface area contributed by atoms with Crippen molar-refractivity contribution in [1.82, 2.24) is 0 Å². The number of carbonyl (C=O) groups excluding carboxylic acids is 1. The quantitative estimate of drug-likeness (QED) is 0.314. The third-order valence-electron chi connectivity index (χ3n) is 1.71. The molecule has 0 aliphatic rings. The number of allylic oxidation sites excluding steroid dienone is 1. The van der Waals surface area contributed by atoms with E-state index in [2.05, 4.69) is 13.2 Å². The molecule has 0 bridgehead atoms. The summed E-state index contributed by atoms with van der Waals surface area (Å²) in [6, 6.07) is 7.36. The van der Waals surface area contributed by atoms with Crippen LogP contribution < -0.4 is 4.74 Å². The van der Waals surface area contributed by atoms with Gasteiger partial charge in [-0.2, -0.15) is 0 Å². The normalized spacial score (nSPS) is 9.14. The van der Waals surface area contributed by atoms with Gasteiger partial charge >= 0.3 is 5.97 Å². The molecule has 0 heterocycles. The molecule has 0 unspecified atom stereocenters. The molecule has 2 heteroatoms. The Hall–Kier alpha value is -1.83. The van der Waals surface area contributed by atoms with Crippen molar-refractivity contribution >= 4 is 5.97 Å². The Morgan fingerprint density at radius 1 is 1.36 bits per heavy atom. The van der Waals surface area contributed by atoms with Crippen LogP contribution in [0.25, 0.3) is 0 Å². The number of rotatable bonds is 4. The standard InChI is InChI=1S/C12H12O2/c1-3-7-10-8-5-6-9-11(10)14-12(13)4-2/h3-6,8-9H,1-2,7H2. The van der Waals surface area contributed by atoms with Crippen LogP contribution in [0.3, 0.4) is 0 Å². The Morgan fingerprint density at radius 3 is 2.71 bits per heavy atom. The second-order valence-electron chi connectivity index (χ2n) is 2.73. The first kappa shape index (κ1) is 10.3. The van der Waals surface area contributed by atoms with Crippen molar-refractivity contribution in [1.29, 1.82) is 0 Å². The van der Waals surface area contributed by atoms with Crippen molar-refractivity contribution in [2.45, 2.75) is 6.42 Å². The van der Waals surface area contributed by atoms with Gasteiger partial charge in [0.2, 0.25) is 0 Å². The van der Waals surface area contributed by atoms with Gasteiger partial charge in [-0.05, 0) is 18.1 Å². The van der Waals surface area contributed by atoms with E-state index in [1.54, 1.807) is 12.1 Å². The maximum atomic E-state index is 11.0.